The second-order valence-electron chi connectivity index (χ2n) is 4.86. The molecular weight excluding hydrogens is 206 g/mol. The molecule has 1 aliphatic carbocycles. The van der Waals surface area contributed by atoms with Crippen LogP contribution in [-0.4, -0.2) is 35.3 Å². The van der Waals surface area contributed by atoms with Crippen molar-refractivity contribution in [2.75, 3.05) is 6.54 Å². The lowest BCUT2D eigenvalue weighted by atomic mass is 10.1. The molecule has 0 aromatic rings. The molecule has 2 amide bonds. The summed E-state index contributed by atoms with van der Waals surface area (Å²) in [5.74, 6) is -0.294. The number of carbonyl (C=O) groups excluding carboxylic acids is 2. The van der Waals surface area contributed by atoms with E-state index in [1.54, 1.807) is 4.90 Å². The van der Waals surface area contributed by atoms with Crippen molar-refractivity contribution in [1.82, 2.24) is 4.90 Å². The number of amides is 2. The lowest BCUT2D eigenvalue weighted by Gasteiger charge is -2.25. The van der Waals surface area contributed by atoms with Gasteiger partial charge in [0.05, 0.1) is 0 Å². The highest BCUT2D eigenvalue weighted by Crippen LogP contribution is 2.29. The van der Waals surface area contributed by atoms with E-state index in [2.05, 4.69) is 0 Å². The van der Waals surface area contributed by atoms with Gasteiger partial charge in [0.2, 0.25) is 11.8 Å². The predicted molar refractivity (Wildman–Crippen MR) is 59.2 cm³/mol. The van der Waals surface area contributed by atoms with Crippen LogP contribution in [0.2, 0.25) is 0 Å². The molecule has 0 bridgehead atoms. The Morgan fingerprint density at radius 1 is 1.19 bits per heavy atom. The third kappa shape index (κ3) is 2.04. The van der Waals surface area contributed by atoms with Crippen molar-refractivity contribution in [3.05, 3.63) is 0 Å². The highest BCUT2D eigenvalue weighted by atomic mass is 16.2. The molecule has 0 spiro atoms. The molecule has 16 heavy (non-hydrogen) atoms. The van der Waals surface area contributed by atoms with Crippen LogP contribution in [0.4, 0.5) is 0 Å². The Labute approximate surface area is 95.1 Å². The monoisotopic (exact) mass is 225 g/mol. The number of primary amides is 1. The van der Waals surface area contributed by atoms with E-state index in [-0.39, 0.29) is 29.8 Å². The van der Waals surface area contributed by atoms with Crippen molar-refractivity contribution in [2.45, 2.75) is 44.2 Å². The summed E-state index contributed by atoms with van der Waals surface area (Å²) < 4.78 is 0. The number of nitrogens with zero attached hydrogens (tertiary/aromatic N) is 1. The molecule has 2 aliphatic rings. The second kappa shape index (κ2) is 4.41. The standard InChI is InChI=1S/C11H19N3O2/c12-8-4-3-7(6-8)11(16)14-5-1-2-9(14)10(13)15/h7-9H,1-6,12H2,(H2,13,15). The van der Waals surface area contributed by atoms with E-state index in [4.69, 9.17) is 11.5 Å². The van der Waals surface area contributed by atoms with E-state index in [0.717, 1.165) is 25.7 Å². The fourth-order valence-electron chi connectivity index (χ4n) is 2.80. The van der Waals surface area contributed by atoms with Gasteiger partial charge in [0, 0.05) is 18.5 Å². The SMILES string of the molecule is NC(=O)C1CCCN1C(=O)C1CCC(N)C1. The van der Waals surface area contributed by atoms with E-state index in [9.17, 15) is 9.59 Å². The van der Waals surface area contributed by atoms with E-state index in [1.807, 2.05) is 0 Å². The minimum Gasteiger partial charge on any atom is -0.368 e. The Kier molecular flexibility index (Phi) is 3.14. The molecule has 0 aromatic carbocycles. The fourth-order valence-corrected chi connectivity index (χ4v) is 2.80. The highest BCUT2D eigenvalue weighted by Gasteiger charge is 2.38. The summed E-state index contributed by atoms with van der Waals surface area (Å²) in [6.07, 6.45) is 4.09. The van der Waals surface area contributed by atoms with Gasteiger partial charge >= 0.3 is 0 Å². The van der Waals surface area contributed by atoms with Gasteiger partial charge in [0.15, 0.2) is 0 Å². The molecule has 0 radical (unpaired) electrons. The fraction of sp³-hybridized carbons (Fsp3) is 0.818. The third-order valence-electron chi connectivity index (χ3n) is 3.69. The summed E-state index contributed by atoms with van der Waals surface area (Å²) >= 11 is 0. The van der Waals surface area contributed by atoms with Crippen LogP contribution < -0.4 is 11.5 Å². The first kappa shape index (κ1) is 11.4. The summed E-state index contributed by atoms with van der Waals surface area (Å²) in [5, 5.41) is 0. The molecule has 1 saturated heterocycles. The summed E-state index contributed by atoms with van der Waals surface area (Å²) in [4.78, 5) is 25.0. The van der Waals surface area contributed by atoms with Crippen molar-refractivity contribution in [3.8, 4) is 0 Å². The molecule has 0 aromatic heterocycles. The van der Waals surface area contributed by atoms with Gasteiger partial charge in [-0.15, -0.1) is 0 Å². The van der Waals surface area contributed by atoms with E-state index < -0.39 is 0 Å². The molecule has 5 nitrogen and oxygen atoms in total. The van der Waals surface area contributed by atoms with Gasteiger partial charge < -0.3 is 16.4 Å². The Hall–Kier alpha value is -1.10. The number of hydrogen-bond acceptors (Lipinski definition) is 3. The number of likely N-dealkylation sites (tertiary alicyclic amines) is 1. The molecule has 1 heterocycles. The molecule has 90 valence electrons. The van der Waals surface area contributed by atoms with Gasteiger partial charge in [-0.05, 0) is 32.1 Å². The van der Waals surface area contributed by atoms with Crippen LogP contribution in [0.1, 0.15) is 32.1 Å². The maximum Gasteiger partial charge on any atom is 0.240 e. The van der Waals surface area contributed by atoms with Crippen LogP contribution in [-0.2, 0) is 9.59 Å². The molecule has 1 saturated carbocycles. The molecule has 2 fully saturated rings. The first-order valence-corrected chi connectivity index (χ1v) is 5.95. The van der Waals surface area contributed by atoms with Crippen LogP contribution in [0.25, 0.3) is 0 Å². The quantitative estimate of drug-likeness (QED) is 0.669. The van der Waals surface area contributed by atoms with E-state index in [0.29, 0.717) is 13.0 Å². The number of carbonyl (C=O) groups is 2. The van der Waals surface area contributed by atoms with Crippen molar-refractivity contribution >= 4 is 11.8 Å². The zero-order chi connectivity index (χ0) is 11.7. The summed E-state index contributed by atoms with van der Waals surface area (Å²) in [5.41, 5.74) is 11.1. The lowest BCUT2D eigenvalue weighted by Crippen LogP contribution is -2.45. The average molecular weight is 225 g/mol. The van der Waals surface area contributed by atoms with Gasteiger partial charge in [-0.1, -0.05) is 0 Å². The zero-order valence-corrected chi connectivity index (χ0v) is 9.39. The molecule has 5 heteroatoms. The largest absolute Gasteiger partial charge is 0.368 e. The normalized spacial score (nSPS) is 34.3. The zero-order valence-electron chi connectivity index (χ0n) is 9.39. The molecule has 4 N–H and O–H groups in total. The molecule has 2 rings (SSSR count). The molecule has 3 unspecified atom stereocenters. The summed E-state index contributed by atoms with van der Waals surface area (Å²) in [6, 6.07) is -0.243. The van der Waals surface area contributed by atoms with Crippen LogP contribution >= 0.6 is 0 Å². The van der Waals surface area contributed by atoms with Gasteiger partial charge in [0.25, 0.3) is 0 Å². The summed E-state index contributed by atoms with van der Waals surface area (Å²) in [7, 11) is 0. The Bertz CT molecular complexity index is 306. The predicted octanol–water partition coefficient (Wildman–Crippen LogP) is -0.410. The first-order valence-electron chi connectivity index (χ1n) is 5.95. The first-order chi connectivity index (χ1) is 7.59. The van der Waals surface area contributed by atoms with E-state index in [1.165, 1.54) is 0 Å². The van der Waals surface area contributed by atoms with Crippen LogP contribution in [0, 0.1) is 5.92 Å². The van der Waals surface area contributed by atoms with Gasteiger partial charge in [-0.2, -0.15) is 0 Å². The minimum atomic E-state index is -0.385. The minimum absolute atomic E-state index is 0.00921. The Morgan fingerprint density at radius 3 is 2.50 bits per heavy atom. The Morgan fingerprint density at radius 2 is 1.94 bits per heavy atom. The molecular formula is C11H19N3O2. The second-order valence-corrected chi connectivity index (χ2v) is 4.86. The van der Waals surface area contributed by atoms with Crippen LogP contribution in [0.3, 0.4) is 0 Å². The van der Waals surface area contributed by atoms with Gasteiger partial charge in [0.1, 0.15) is 6.04 Å². The van der Waals surface area contributed by atoms with Crippen LogP contribution in [0.5, 0.6) is 0 Å². The number of rotatable bonds is 2. The van der Waals surface area contributed by atoms with Crippen molar-refractivity contribution in [1.29, 1.82) is 0 Å². The maximum absolute atomic E-state index is 12.2. The number of hydrogen-bond donors (Lipinski definition) is 2. The third-order valence-corrected chi connectivity index (χ3v) is 3.69. The van der Waals surface area contributed by atoms with Crippen molar-refractivity contribution < 1.29 is 9.59 Å². The molecule has 3 atom stereocenters. The van der Waals surface area contributed by atoms with Gasteiger partial charge in [-0.3, -0.25) is 9.59 Å². The topological polar surface area (TPSA) is 89.4 Å². The summed E-state index contributed by atoms with van der Waals surface area (Å²) in [6.45, 7) is 0.665. The Balaban J connectivity index is 2.01. The molecule has 1 aliphatic heterocycles. The average Bonchev–Trinajstić information content (AvgIpc) is 2.84. The van der Waals surface area contributed by atoms with Crippen molar-refractivity contribution in [2.24, 2.45) is 17.4 Å². The smallest absolute Gasteiger partial charge is 0.240 e. The van der Waals surface area contributed by atoms with Crippen LogP contribution in [0.15, 0.2) is 0 Å². The highest BCUT2D eigenvalue weighted by molar-refractivity contribution is 5.88. The lowest BCUT2D eigenvalue weighted by molar-refractivity contribution is -0.140. The maximum atomic E-state index is 12.2. The van der Waals surface area contributed by atoms with E-state index >= 15 is 0 Å². The van der Waals surface area contributed by atoms with Crippen molar-refractivity contribution in [3.63, 3.8) is 0 Å². The van der Waals surface area contributed by atoms with Gasteiger partial charge in [-0.25, -0.2) is 0 Å². The number of nitrogens with two attached hydrogens (primary N) is 2.